The van der Waals surface area contributed by atoms with Crippen molar-refractivity contribution in [2.45, 2.75) is 12.5 Å². The molecule has 0 saturated heterocycles. The van der Waals surface area contributed by atoms with Crippen LogP contribution in [0.5, 0.6) is 0 Å². The third-order valence-electron chi connectivity index (χ3n) is 4.18. The van der Waals surface area contributed by atoms with E-state index in [1.807, 2.05) is 12.1 Å². The highest BCUT2D eigenvalue weighted by atomic mass is 19.1. The Bertz CT molecular complexity index is 1070. The van der Waals surface area contributed by atoms with Gasteiger partial charge < -0.3 is 10.5 Å². The number of nitrogens with zero attached hydrogens (tertiary/aromatic N) is 1. The molecule has 0 bridgehead atoms. The quantitative estimate of drug-likeness (QED) is 0.307. The lowest BCUT2D eigenvalue weighted by Crippen LogP contribution is -2.35. The van der Waals surface area contributed by atoms with Crippen LogP contribution in [-0.2, 0) is 25.5 Å². The lowest BCUT2D eigenvalue weighted by atomic mass is 10.1. The van der Waals surface area contributed by atoms with Gasteiger partial charge in [0.25, 0.3) is 0 Å². The number of carbonyl (C=O) groups is 3. The predicted octanol–water partition coefficient (Wildman–Crippen LogP) is 2.47. The number of ether oxygens (including phenoxy) is 1. The van der Waals surface area contributed by atoms with Crippen LogP contribution in [0.4, 0.5) is 4.39 Å². The molecule has 0 aliphatic heterocycles. The maximum atomic E-state index is 13.5. The molecule has 0 radical (unpaired) electrons. The SMILES string of the molecule is N[C@@H](Cc1cn(C=O)c2ccccc12)C(=O)OC(=O)C=Cc1ccccc1F. The molecule has 0 spiro atoms. The van der Waals surface area contributed by atoms with E-state index >= 15 is 0 Å². The lowest BCUT2D eigenvalue weighted by molar-refractivity contribution is -0.157. The second kappa shape index (κ2) is 8.41. The first kappa shape index (κ1) is 19.2. The van der Waals surface area contributed by atoms with Crippen molar-refractivity contribution in [1.29, 1.82) is 0 Å². The van der Waals surface area contributed by atoms with Gasteiger partial charge in [0.1, 0.15) is 11.9 Å². The molecule has 0 aliphatic carbocycles. The summed E-state index contributed by atoms with van der Waals surface area (Å²) in [6.07, 6.45) is 4.51. The minimum absolute atomic E-state index is 0.0878. The van der Waals surface area contributed by atoms with Crippen LogP contribution in [0.2, 0.25) is 0 Å². The number of esters is 2. The Morgan fingerprint density at radius 2 is 1.86 bits per heavy atom. The van der Waals surface area contributed by atoms with Gasteiger partial charge in [-0.2, -0.15) is 0 Å². The van der Waals surface area contributed by atoms with Gasteiger partial charge in [0.2, 0.25) is 6.41 Å². The largest absolute Gasteiger partial charge is 0.389 e. The van der Waals surface area contributed by atoms with Crippen LogP contribution in [-0.4, -0.2) is 29.0 Å². The summed E-state index contributed by atoms with van der Waals surface area (Å²) in [4.78, 5) is 35.1. The number of carbonyl (C=O) groups excluding carboxylic acids is 3. The topological polar surface area (TPSA) is 91.4 Å². The highest BCUT2D eigenvalue weighted by molar-refractivity contribution is 5.96. The fourth-order valence-electron chi connectivity index (χ4n) is 2.82. The van der Waals surface area contributed by atoms with E-state index in [0.717, 1.165) is 11.5 Å². The Labute approximate surface area is 160 Å². The summed E-state index contributed by atoms with van der Waals surface area (Å²) in [6.45, 7) is 0. The number of para-hydroxylation sites is 1. The number of nitrogens with two attached hydrogens (primary N) is 1. The van der Waals surface area contributed by atoms with Gasteiger partial charge >= 0.3 is 11.9 Å². The molecule has 6 nitrogen and oxygen atoms in total. The second-order valence-electron chi connectivity index (χ2n) is 6.09. The third-order valence-corrected chi connectivity index (χ3v) is 4.18. The zero-order valence-corrected chi connectivity index (χ0v) is 14.7. The molecule has 2 N–H and O–H groups in total. The van der Waals surface area contributed by atoms with Gasteiger partial charge in [0, 0.05) is 29.6 Å². The number of fused-ring (bicyclic) bond motifs is 1. The minimum atomic E-state index is -1.10. The highest BCUT2D eigenvalue weighted by Crippen LogP contribution is 2.21. The lowest BCUT2D eigenvalue weighted by Gasteiger charge is -2.08. The number of aromatic nitrogens is 1. The summed E-state index contributed by atoms with van der Waals surface area (Å²) >= 11 is 0. The molecule has 2 aromatic carbocycles. The first-order valence-corrected chi connectivity index (χ1v) is 8.47. The van der Waals surface area contributed by atoms with E-state index in [1.165, 1.54) is 28.8 Å². The summed E-state index contributed by atoms with van der Waals surface area (Å²) in [7, 11) is 0. The third kappa shape index (κ3) is 4.21. The molecule has 0 saturated carbocycles. The van der Waals surface area contributed by atoms with E-state index in [1.54, 1.807) is 24.4 Å². The standard InChI is InChI=1S/C21H17FN2O4/c22-17-7-3-1-5-14(17)9-10-20(26)28-21(27)18(23)11-15-12-24(13-25)19-8-4-2-6-16(15)19/h1-10,12-13,18H,11,23H2/t18-/m0/s1. The molecule has 142 valence electrons. The predicted molar refractivity (Wildman–Crippen MR) is 102 cm³/mol. The summed E-state index contributed by atoms with van der Waals surface area (Å²) < 4.78 is 19.6. The fraction of sp³-hybridized carbons (Fsp3) is 0.0952. The molecule has 0 unspecified atom stereocenters. The van der Waals surface area contributed by atoms with Crippen molar-refractivity contribution < 1.29 is 23.5 Å². The van der Waals surface area contributed by atoms with Crippen LogP contribution < -0.4 is 5.73 Å². The van der Waals surface area contributed by atoms with E-state index in [0.29, 0.717) is 17.5 Å². The molecule has 0 amide bonds. The molecule has 28 heavy (non-hydrogen) atoms. The normalized spacial score (nSPS) is 12.2. The van der Waals surface area contributed by atoms with Crippen molar-refractivity contribution in [3.8, 4) is 0 Å². The van der Waals surface area contributed by atoms with Crippen molar-refractivity contribution >= 4 is 35.3 Å². The first-order chi connectivity index (χ1) is 13.5. The van der Waals surface area contributed by atoms with E-state index in [4.69, 9.17) is 10.5 Å². The number of hydrogen-bond acceptors (Lipinski definition) is 5. The van der Waals surface area contributed by atoms with E-state index < -0.39 is 23.8 Å². The Morgan fingerprint density at radius 1 is 1.14 bits per heavy atom. The van der Waals surface area contributed by atoms with Gasteiger partial charge in [0.05, 0.1) is 5.52 Å². The van der Waals surface area contributed by atoms with Gasteiger partial charge in [-0.15, -0.1) is 0 Å². The molecule has 1 heterocycles. The molecular formula is C21H17FN2O4. The molecule has 1 aromatic heterocycles. The maximum Gasteiger partial charge on any atom is 0.338 e. The van der Waals surface area contributed by atoms with E-state index in [9.17, 15) is 18.8 Å². The molecule has 3 rings (SSSR count). The smallest absolute Gasteiger partial charge is 0.338 e. The van der Waals surface area contributed by atoms with Gasteiger partial charge in [-0.1, -0.05) is 36.4 Å². The second-order valence-corrected chi connectivity index (χ2v) is 6.09. The van der Waals surface area contributed by atoms with Crippen LogP contribution >= 0.6 is 0 Å². The number of benzene rings is 2. The zero-order chi connectivity index (χ0) is 20.1. The average Bonchev–Trinajstić information content (AvgIpc) is 3.05. The fourth-order valence-corrected chi connectivity index (χ4v) is 2.82. The highest BCUT2D eigenvalue weighted by Gasteiger charge is 2.20. The van der Waals surface area contributed by atoms with Crippen molar-refractivity contribution in [2.24, 2.45) is 5.73 Å². The Balaban J connectivity index is 1.66. The van der Waals surface area contributed by atoms with Crippen molar-refractivity contribution in [1.82, 2.24) is 4.57 Å². The summed E-state index contributed by atoms with van der Waals surface area (Å²) in [5, 5.41) is 0.781. The van der Waals surface area contributed by atoms with E-state index in [-0.39, 0.29) is 12.0 Å². The summed E-state index contributed by atoms with van der Waals surface area (Å²) in [5.41, 5.74) is 7.43. The number of rotatable bonds is 6. The van der Waals surface area contributed by atoms with E-state index in [2.05, 4.69) is 0 Å². The van der Waals surface area contributed by atoms with Crippen LogP contribution in [0.1, 0.15) is 11.1 Å². The molecule has 0 fully saturated rings. The van der Waals surface area contributed by atoms with Crippen molar-refractivity contribution in [3.63, 3.8) is 0 Å². The van der Waals surface area contributed by atoms with Crippen LogP contribution in [0, 0.1) is 5.82 Å². The van der Waals surface area contributed by atoms with Gasteiger partial charge in [0.15, 0.2) is 0 Å². The van der Waals surface area contributed by atoms with Crippen LogP contribution in [0.15, 0.2) is 60.8 Å². The summed E-state index contributed by atoms with van der Waals surface area (Å²) in [5.74, 6) is -2.36. The molecular weight excluding hydrogens is 363 g/mol. The minimum Gasteiger partial charge on any atom is -0.389 e. The Kier molecular flexibility index (Phi) is 5.76. The monoisotopic (exact) mass is 380 g/mol. The Morgan fingerprint density at radius 3 is 2.61 bits per heavy atom. The van der Waals surface area contributed by atoms with Crippen molar-refractivity contribution in [3.05, 3.63) is 77.7 Å². The average molecular weight is 380 g/mol. The van der Waals surface area contributed by atoms with Crippen LogP contribution in [0.25, 0.3) is 17.0 Å². The molecule has 3 aromatic rings. The summed E-state index contributed by atoms with van der Waals surface area (Å²) in [6, 6.07) is 12.0. The van der Waals surface area contributed by atoms with Gasteiger partial charge in [-0.05, 0) is 23.8 Å². The molecule has 7 heteroatoms. The number of halogens is 1. The van der Waals surface area contributed by atoms with Gasteiger partial charge in [-0.3, -0.25) is 9.36 Å². The first-order valence-electron chi connectivity index (χ1n) is 8.47. The maximum absolute atomic E-state index is 13.5. The van der Waals surface area contributed by atoms with Crippen LogP contribution in [0.3, 0.4) is 0 Å². The van der Waals surface area contributed by atoms with Gasteiger partial charge in [-0.25, -0.2) is 14.0 Å². The number of hydrogen-bond donors (Lipinski definition) is 1. The van der Waals surface area contributed by atoms with Crippen molar-refractivity contribution in [2.75, 3.05) is 0 Å². The molecule has 1 atom stereocenters. The Hall–Kier alpha value is -3.58. The zero-order valence-electron chi connectivity index (χ0n) is 14.7. The molecule has 0 aliphatic rings.